The Morgan fingerprint density at radius 3 is 2.58 bits per heavy atom. The minimum absolute atomic E-state index is 0.0563. The van der Waals surface area contributed by atoms with Gasteiger partial charge in [0.25, 0.3) is 5.91 Å². The molecule has 0 saturated carbocycles. The van der Waals surface area contributed by atoms with E-state index >= 15 is 0 Å². The van der Waals surface area contributed by atoms with Crippen LogP contribution in [0.3, 0.4) is 0 Å². The molecule has 0 aromatic carbocycles. The zero-order valence-electron chi connectivity index (χ0n) is 7.58. The molecule has 1 rings (SSSR count). The SMILES string of the molecule is CO[C@@H](C)C(=O)N1CCOCC1. The van der Waals surface area contributed by atoms with Crippen LogP contribution in [0.5, 0.6) is 0 Å². The predicted octanol–water partition coefficient (Wildman–Crippen LogP) is -0.120. The molecule has 1 fully saturated rings. The monoisotopic (exact) mass is 173 g/mol. The highest BCUT2D eigenvalue weighted by Gasteiger charge is 2.21. The van der Waals surface area contributed by atoms with Crippen molar-refractivity contribution in [2.45, 2.75) is 13.0 Å². The number of carbonyl (C=O) groups excluding carboxylic acids is 1. The summed E-state index contributed by atoms with van der Waals surface area (Å²) in [6, 6.07) is 0. The van der Waals surface area contributed by atoms with E-state index in [4.69, 9.17) is 9.47 Å². The minimum atomic E-state index is -0.330. The van der Waals surface area contributed by atoms with Gasteiger partial charge in [0, 0.05) is 20.2 Å². The van der Waals surface area contributed by atoms with Crippen molar-refractivity contribution in [1.82, 2.24) is 4.90 Å². The number of morpholine rings is 1. The van der Waals surface area contributed by atoms with Crippen LogP contribution >= 0.6 is 0 Å². The summed E-state index contributed by atoms with van der Waals surface area (Å²) in [7, 11) is 1.54. The normalized spacial score (nSPS) is 20.7. The molecule has 0 unspecified atom stereocenters. The molecule has 4 nitrogen and oxygen atoms in total. The Morgan fingerprint density at radius 2 is 2.08 bits per heavy atom. The van der Waals surface area contributed by atoms with Crippen LogP contribution < -0.4 is 0 Å². The molecule has 0 spiro atoms. The molecule has 0 aliphatic carbocycles. The highest BCUT2D eigenvalue weighted by atomic mass is 16.5. The molecule has 1 aliphatic heterocycles. The fraction of sp³-hybridized carbons (Fsp3) is 0.875. The van der Waals surface area contributed by atoms with Gasteiger partial charge < -0.3 is 14.4 Å². The first-order valence-corrected chi connectivity index (χ1v) is 4.15. The van der Waals surface area contributed by atoms with Crippen LogP contribution in [-0.4, -0.2) is 50.3 Å². The molecule has 0 aromatic rings. The second-order valence-corrected chi connectivity index (χ2v) is 2.82. The van der Waals surface area contributed by atoms with E-state index in [1.165, 1.54) is 0 Å². The third kappa shape index (κ3) is 2.19. The number of carbonyl (C=O) groups is 1. The molecular formula is C8H15NO3. The van der Waals surface area contributed by atoms with Crippen LogP contribution in [0, 0.1) is 0 Å². The van der Waals surface area contributed by atoms with Crippen molar-refractivity contribution >= 4 is 5.91 Å². The zero-order valence-corrected chi connectivity index (χ0v) is 7.58. The van der Waals surface area contributed by atoms with Crippen molar-refractivity contribution in [3.63, 3.8) is 0 Å². The average molecular weight is 173 g/mol. The van der Waals surface area contributed by atoms with E-state index in [9.17, 15) is 4.79 Å². The molecule has 1 heterocycles. The number of ether oxygens (including phenoxy) is 2. The summed E-state index contributed by atoms with van der Waals surface area (Å²) in [6.07, 6.45) is -0.330. The lowest BCUT2D eigenvalue weighted by atomic mass is 10.3. The number of rotatable bonds is 2. The summed E-state index contributed by atoms with van der Waals surface area (Å²) in [4.78, 5) is 13.2. The first kappa shape index (κ1) is 9.48. The summed E-state index contributed by atoms with van der Waals surface area (Å²) < 4.78 is 10.1. The van der Waals surface area contributed by atoms with Crippen LogP contribution in [0.4, 0.5) is 0 Å². The molecule has 12 heavy (non-hydrogen) atoms. The van der Waals surface area contributed by atoms with E-state index < -0.39 is 0 Å². The first-order chi connectivity index (χ1) is 5.75. The second kappa shape index (κ2) is 4.42. The maximum Gasteiger partial charge on any atom is 0.251 e. The molecule has 1 saturated heterocycles. The maximum atomic E-state index is 11.5. The maximum absolute atomic E-state index is 11.5. The molecular weight excluding hydrogens is 158 g/mol. The van der Waals surface area contributed by atoms with E-state index in [0.29, 0.717) is 26.3 Å². The molecule has 1 aliphatic rings. The molecule has 70 valence electrons. The number of nitrogens with zero attached hydrogens (tertiary/aromatic N) is 1. The molecule has 0 bridgehead atoms. The molecule has 1 atom stereocenters. The van der Waals surface area contributed by atoms with Crippen LogP contribution in [0.25, 0.3) is 0 Å². The topological polar surface area (TPSA) is 38.8 Å². The van der Waals surface area contributed by atoms with Crippen LogP contribution in [0.2, 0.25) is 0 Å². The van der Waals surface area contributed by atoms with Gasteiger partial charge in [0.05, 0.1) is 13.2 Å². The largest absolute Gasteiger partial charge is 0.378 e. The Hall–Kier alpha value is -0.610. The van der Waals surface area contributed by atoms with E-state index in [2.05, 4.69) is 0 Å². The van der Waals surface area contributed by atoms with Gasteiger partial charge in [0.15, 0.2) is 0 Å². The first-order valence-electron chi connectivity index (χ1n) is 4.15. The summed E-state index contributed by atoms with van der Waals surface area (Å²) in [5.74, 6) is 0.0563. The standard InChI is InChI=1S/C8H15NO3/c1-7(11-2)8(10)9-3-5-12-6-4-9/h7H,3-6H2,1-2H3/t7-/m0/s1. The van der Waals surface area contributed by atoms with Crippen LogP contribution in [-0.2, 0) is 14.3 Å². The van der Waals surface area contributed by atoms with Gasteiger partial charge in [-0.2, -0.15) is 0 Å². The minimum Gasteiger partial charge on any atom is -0.378 e. The third-order valence-corrected chi connectivity index (χ3v) is 2.02. The van der Waals surface area contributed by atoms with E-state index in [1.807, 2.05) is 0 Å². The Kier molecular flexibility index (Phi) is 3.49. The lowest BCUT2D eigenvalue weighted by molar-refractivity contribution is -0.144. The quantitative estimate of drug-likeness (QED) is 0.584. The van der Waals surface area contributed by atoms with Crippen molar-refractivity contribution in [2.75, 3.05) is 33.4 Å². The molecule has 1 amide bonds. The Balaban J connectivity index is 2.39. The molecule has 0 aromatic heterocycles. The molecule has 4 heteroatoms. The Bertz CT molecular complexity index is 154. The van der Waals surface area contributed by atoms with Crippen LogP contribution in [0.15, 0.2) is 0 Å². The van der Waals surface area contributed by atoms with Crippen molar-refractivity contribution < 1.29 is 14.3 Å². The highest BCUT2D eigenvalue weighted by molar-refractivity contribution is 5.80. The van der Waals surface area contributed by atoms with Gasteiger partial charge in [-0.15, -0.1) is 0 Å². The predicted molar refractivity (Wildman–Crippen MR) is 43.9 cm³/mol. The van der Waals surface area contributed by atoms with Gasteiger partial charge in [-0.25, -0.2) is 0 Å². The van der Waals surface area contributed by atoms with Gasteiger partial charge >= 0.3 is 0 Å². The van der Waals surface area contributed by atoms with Crippen molar-refractivity contribution in [3.8, 4) is 0 Å². The number of hydrogen-bond donors (Lipinski definition) is 0. The van der Waals surface area contributed by atoms with E-state index in [0.717, 1.165) is 0 Å². The second-order valence-electron chi connectivity index (χ2n) is 2.82. The Morgan fingerprint density at radius 1 is 1.50 bits per heavy atom. The fourth-order valence-corrected chi connectivity index (χ4v) is 1.14. The molecule has 0 radical (unpaired) electrons. The van der Waals surface area contributed by atoms with Crippen LogP contribution in [0.1, 0.15) is 6.92 Å². The van der Waals surface area contributed by atoms with E-state index in [1.54, 1.807) is 18.9 Å². The number of amides is 1. The van der Waals surface area contributed by atoms with Crippen molar-refractivity contribution in [2.24, 2.45) is 0 Å². The zero-order chi connectivity index (χ0) is 8.97. The lowest BCUT2D eigenvalue weighted by Crippen LogP contribution is -2.45. The van der Waals surface area contributed by atoms with Crippen molar-refractivity contribution in [1.29, 1.82) is 0 Å². The number of hydrogen-bond acceptors (Lipinski definition) is 3. The van der Waals surface area contributed by atoms with Gasteiger partial charge in [0.2, 0.25) is 0 Å². The molecule has 0 N–H and O–H groups in total. The smallest absolute Gasteiger partial charge is 0.251 e. The van der Waals surface area contributed by atoms with Crippen molar-refractivity contribution in [3.05, 3.63) is 0 Å². The lowest BCUT2D eigenvalue weighted by Gasteiger charge is -2.28. The van der Waals surface area contributed by atoms with Gasteiger partial charge in [-0.3, -0.25) is 4.79 Å². The van der Waals surface area contributed by atoms with Gasteiger partial charge in [-0.1, -0.05) is 0 Å². The number of methoxy groups -OCH3 is 1. The average Bonchev–Trinajstić information content (AvgIpc) is 2.17. The van der Waals surface area contributed by atoms with Gasteiger partial charge in [-0.05, 0) is 6.92 Å². The third-order valence-electron chi connectivity index (χ3n) is 2.02. The summed E-state index contributed by atoms with van der Waals surface area (Å²) >= 11 is 0. The summed E-state index contributed by atoms with van der Waals surface area (Å²) in [6.45, 7) is 4.42. The summed E-state index contributed by atoms with van der Waals surface area (Å²) in [5.41, 5.74) is 0. The fourth-order valence-electron chi connectivity index (χ4n) is 1.14. The summed E-state index contributed by atoms with van der Waals surface area (Å²) in [5, 5.41) is 0. The highest BCUT2D eigenvalue weighted by Crippen LogP contribution is 2.01. The Labute approximate surface area is 72.4 Å². The van der Waals surface area contributed by atoms with E-state index in [-0.39, 0.29) is 12.0 Å². The van der Waals surface area contributed by atoms with Gasteiger partial charge in [0.1, 0.15) is 6.10 Å².